The molecule has 0 saturated heterocycles. The van der Waals surface area contributed by atoms with Crippen LogP contribution in [0.25, 0.3) is 0 Å². The monoisotopic (exact) mass is 270 g/mol. The van der Waals surface area contributed by atoms with Gasteiger partial charge in [-0.1, -0.05) is 0 Å². The van der Waals surface area contributed by atoms with Gasteiger partial charge >= 0.3 is 0 Å². The third-order valence-corrected chi connectivity index (χ3v) is 3.20. The summed E-state index contributed by atoms with van der Waals surface area (Å²) in [5.74, 6) is 6.04. The van der Waals surface area contributed by atoms with Gasteiger partial charge in [-0.2, -0.15) is 0 Å². The van der Waals surface area contributed by atoms with E-state index >= 15 is 0 Å². The molecule has 0 aliphatic carbocycles. The molecule has 0 bridgehead atoms. The number of amides is 1. The van der Waals surface area contributed by atoms with Gasteiger partial charge in [-0.3, -0.25) is 9.00 Å². The van der Waals surface area contributed by atoms with E-state index in [-0.39, 0.29) is 11.9 Å². The highest BCUT2D eigenvalue weighted by Crippen LogP contribution is 2.06. The van der Waals surface area contributed by atoms with Crippen LogP contribution in [0.3, 0.4) is 0 Å². The lowest BCUT2D eigenvalue weighted by atomic mass is 10.2. The maximum atomic E-state index is 11.9. The molecule has 1 aromatic rings. The second-order valence-electron chi connectivity index (χ2n) is 4.01. The van der Waals surface area contributed by atoms with Gasteiger partial charge in [0.05, 0.1) is 0 Å². The van der Waals surface area contributed by atoms with E-state index in [1.165, 1.54) is 6.20 Å². The summed E-state index contributed by atoms with van der Waals surface area (Å²) in [6.07, 6.45) is 3.84. The zero-order chi connectivity index (χ0) is 13.5. The molecule has 100 valence electrons. The standard InChI is InChI=1S/C11H18N4O2S/c1-8(4-6-18(2)17)14-11(16)9-3-5-13-10(7-9)15-12/h3,5,7-8H,4,6,12H2,1-2H3,(H,13,15)(H,14,16). The van der Waals surface area contributed by atoms with Gasteiger partial charge in [0.25, 0.3) is 5.91 Å². The molecule has 1 rings (SSSR count). The first-order valence-electron chi connectivity index (χ1n) is 5.56. The van der Waals surface area contributed by atoms with E-state index in [2.05, 4.69) is 15.7 Å². The summed E-state index contributed by atoms with van der Waals surface area (Å²) in [5.41, 5.74) is 2.87. The molecule has 4 N–H and O–H groups in total. The van der Waals surface area contributed by atoms with Crippen molar-refractivity contribution in [3.63, 3.8) is 0 Å². The Morgan fingerprint density at radius 2 is 2.33 bits per heavy atom. The van der Waals surface area contributed by atoms with Crippen LogP contribution < -0.4 is 16.6 Å². The number of nitrogens with one attached hydrogen (secondary N) is 2. The number of hydrogen-bond acceptors (Lipinski definition) is 5. The fourth-order valence-electron chi connectivity index (χ4n) is 1.37. The maximum Gasteiger partial charge on any atom is 0.251 e. The molecule has 0 radical (unpaired) electrons. The molecule has 2 unspecified atom stereocenters. The molecule has 18 heavy (non-hydrogen) atoms. The maximum absolute atomic E-state index is 11.9. The van der Waals surface area contributed by atoms with Crippen molar-refractivity contribution in [1.82, 2.24) is 10.3 Å². The number of pyridine rings is 1. The van der Waals surface area contributed by atoms with Gasteiger partial charge in [0.15, 0.2) is 0 Å². The molecule has 1 aromatic heterocycles. The van der Waals surface area contributed by atoms with E-state index in [0.717, 1.165) is 0 Å². The van der Waals surface area contributed by atoms with Crippen molar-refractivity contribution >= 4 is 22.5 Å². The third kappa shape index (κ3) is 4.80. The first kappa shape index (κ1) is 14.6. The highest BCUT2D eigenvalue weighted by Gasteiger charge is 2.10. The first-order valence-corrected chi connectivity index (χ1v) is 7.29. The lowest BCUT2D eigenvalue weighted by Gasteiger charge is -2.13. The number of anilines is 1. The number of nitrogens with zero attached hydrogens (tertiary/aromatic N) is 1. The Labute approximate surface area is 109 Å². The van der Waals surface area contributed by atoms with Crippen molar-refractivity contribution in [3.8, 4) is 0 Å². The Balaban J connectivity index is 2.56. The van der Waals surface area contributed by atoms with E-state index < -0.39 is 10.8 Å². The van der Waals surface area contributed by atoms with Gasteiger partial charge in [-0.15, -0.1) is 0 Å². The number of rotatable bonds is 6. The summed E-state index contributed by atoms with van der Waals surface area (Å²) < 4.78 is 11.0. The normalized spacial score (nSPS) is 13.7. The Hall–Kier alpha value is -1.47. The summed E-state index contributed by atoms with van der Waals surface area (Å²) in [4.78, 5) is 15.8. The number of carbonyl (C=O) groups is 1. The number of nitrogens with two attached hydrogens (primary N) is 1. The SMILES string of the molecule is CC(CCS(C)=O)NC(=O)c1ccnc(NN)c1. The molecule has 0 spiro atoms. The van der Waals surface area contributed by atoms with Crippen molar-refractivity contribution in [3.05, 3.63) is 23.9 Å². The second kappa shape index (κ2) is 7.07. The molecule has 6 nitrogen and oxygen atoms in total. The van der Waals surface area contributed by atoms with Crippen LogP contribution in [0.2, 0.25) is 0 Å². The number of aromatic nitrogens is 1. The van der Waals surface area contributed by atoms with Gasteiger partial charge in [-0.05, 0) is 25.5 Å². The van der Waals surface area contributed by atoms with Crippen LogP contribution in [0.15, 0.2) is 18.3 Å². The van der Waals surface area contributed by atoms with Gasteiger partial charge in [0.2, 0.25) is 0 Å². The largest absolute Gasteiger partial charge is 0.350 e. The number of carbonyl (C=O) groups excluding carboxylic acids is 1. The van der Waals surface area contributed by atoms with Crippen molar-refractivity contribution in [2.24, 2.45) is 5.84 Å². The van der Waals surface area contributed by atoms with Crippen molar-refractivity contribution in [2.75, 3.05) is 17.4 Å². The molecular formula is C11H18N4O2S. The minimum Gasteiger partial charge on any atom is -0.350 e. The number of hydrogen-bond donors (Lipinski definition) is 3. The van der Waals surface area contributed by atoms with Gasteiger partial charge in [0.1, 0.15) is 5.82 Å². The zero-order valence-corrected chi connectivity index (χ0v) is 11.3. The summed E-state index contributed by atoms with van der Waals surface area (Å²) in [5, 5.41) is 2.83. The van der Waals surface area contributed by atoms with Crippen LogP contribution in [0, 0.1) is 0 Å². The van der Waals surface area contributed by atoms with E-state index in [1.807, 2.05) is 6.92 Å². The number of hydrazine groups is 1. The van der Waals surface area contributed by atoms with Crippen molar-refractivity contribution in [2.45, 2.75) is 19.4 Å². The van der Waals surface area contributed by atoms with Gasteiger partial charge in [0, 0.05) is 40.6 Å². The first-order chi connectivity index (χ1) is 8.52. The summed E-state index contributed by atoms with van der Waals surface area (Å²) in [6.45, 7) is 1.88. The molecule has 0 saturated carbocycles. The average molecular weight is 270 g/mol. The minimum atomic E-state index is -0.838. The van der Waals surface area contributed by atoms with Crippen LogP contribution in [-0.4, -0.2) is 33.2 Å². The Bertz CT molecular complexity index is 439. The molecule has 0 aliphatic heterocycles. The number of nitrogen functional groups attached to an aromatic ring is 1. The topological polar surface area (TPSA) is 97.1 Å². The lowest BCUT2D eigenvalue weighted by molar-refractivity contribution is 0.0939. The Morgan fingerprint density at radius 1 is 1.61 bits per heavy atom. The fourth-order valence-corrected chi connectivity index (χ4v) is 2.06. The minimum absolute atomic E-state index is 0.0242. The molecule has 0 aromatic carbocycles. The van der Waals surface area contributed by atoms with E-state index in [9.17, 15) is 9.00 Å². The molecule has 1 amide bonds. The van der Waals surface area contributed by atoms with Gasteiger partial charge < -0.3 is 10.7 Å². The highest BCUT2D eigenvalue weighted by atomic mass is 32.2. The van der Waals surface area contributed by atoms with Crippen LogP contribution in [0.4, 0.5) is 5.82 Å². The second-order valence-corrected chi connectivity index (χ2v) is 5.57. The van der Waals surface area contributed by atoms with Crippen molar-refractivity contribution in [1.29, 1.82) is 0 Å². The third-order valence-electron chi connectivity index (χ3n) is 2.39. The molecule has 0 aliphatic rings. The van der Waals surface area contributed by atoms with Gasteiger partial charge in [-0.25, -0.2) is 10.8 Å². The quantitative estimate of drug-likeness (QED) is 0.509. The predicted molar refractivity (Wildman–Crippen MR) is 72.5 cm³/mol. The highest BCUT2D eigenvalue weighted by molar-refractivity contribution is 7.84. The van der Waals surface area contributed by atoms with Crippen LogP contribution in [0.1, 0.15) is 23.7 Å². The molecule has 1 heterocycles. The van der Waals surface area contributed by atoms with E-state index in [4.69, 9.17) is 5.84 Å². The summed E-state index contributed by atoms with van der Waals surface area (Å²) in [7, 11) is -0.838. The average Bonchev–Trinajstić information content (AvgIpc) is 2.36. The summed E-state index contributed by atoms with van der Waals surface area (Å²) >= 11 is 0. The fraction of sp³-hybridized carbons (Fsp3) is 0.455. The predicted octanol–water partition coefficient (Wildman–Crippen LogP) is 0.254. The van der Waals surface area contributed by atoms with E-state index in [1.54, 1.807) is 18.4 Å². The Morgan fingerprint density at radius 3 is 2.94 bits per heavy atom. The van der Waals surface area contributed by atoms with Crippen LogP contribution in [-0.2, 0) is 10.8 Å². The van der Waals surface area contributed by atoms with Crippen LogP contribution >= 0.6 is 0 Å². The Kier molecular flexibility index (Phi) is 5.73. The summed E-state index contributed by atoms with van der Waals surface area (Å²) in [6, 6.07) is 3.16. The smallest absolute Gasteiger partial charge is 0.251 e. The van der Waals surface area contributed by atoms with E-state index in [0.29, 0.717) is 23.6 Å². The zero-order valence-electron chi connectivity index (χ0n) is 10.5. The van der Waals surface area contributed by atoms with Crippen LogP contribution in [0.5, 0.6) is 0 Å². The molecule has 0 fully saturated rings. The molecular weight excluding hydrogens is 252 g/mol. The lowest BCUT2D eigenvalue weighted by Crippen LogP contribution is -2.33. The molecule has 2 atom stereocenters. The van der Waals surface area contributed by atoms with Crippen molar-refractivity contribution < 1.29 is 9.00 Å². The molecule has 7 heteroatoms.